The molecule has 0 saturated carbocycles. The van der Waals surface area contributed by atoms with Gasteiger partial charge in [0, 0.05) is 0 Å². The van der Waals surface area contributed by atoms with Crippen LogP contribution in [0.5, 0.6) is 0 Å². The van der Waals surface area contributed by atoms with E-state index in [0.29, 0.717) is 0 Å². The van der Waals surface area contributed by atoms with Gasteiger partial charge in [0.05, 0.1) is 24.5 Å². The number of hydrogen-bond acceptors (Lipinski definition) is 5. The fraction of sp³-hybridized carbons (Fsp3) is 0.364. The molecule has 0 unspecified atom stereocenters. The van der Waals surface area contributed by atoms with Gasteiger partial charge in [-0.1, -0.05) is 6.07 Å². The van der Waals surface area contributed by atoms with Gasteiger partial charge in [0.15, 0.2) is 0 Å². The molecular weight excluding hydrogens is 275 g/mol. The lowest BCUT2D eigenvalue weighted by molar-refractivity contribution is -0.142. The molecule has 0 aliphatic rings. The highest BCUT2D eigenvalue weighted by Gasteiger charge is 2.17. The van der Waals surface area contributed by atoms with E-state index in [9.17, 15) is 17.6 Å². The minimum absolute atomic E-state index is 0.0280. The summed E-state index contributed by atoms with van der Waals surface area (Å²) in [6, 6.07) is 3.81. The Balaban J connectivity index is 2.72. The smallest absolute Gasteiger partial charge is 0.306 e. The molecule has 1 aromatic rings. The molecule has 0 heterocycles. The van der Waals surface area contributed by atoms with E-state index in [1.807, 2.05) is 4.72 Å². The van der Waals surface area contributed by atoms with Crippen molar-refractivity contribution in [3.05, 3.63) is 24.0 Å². The number of anilines is 2. The number of rotatable bonds is 6. The lowest BCUT2D eigenvalue weighted by atomic mass is 10.3. The standard InChI is InChI=1S/C11H15FN2O4S/c1-2-18-10(15)6-7-19(16,17)14-11-8(12)4-3-5-9(11)13/h3-5,14H,2,6-7,13H2,1H3. The topological polar surface area (TPSA) is 98.5 Å². The highest BCUT2D eigenvalue weighted by Crippen LogP contribution is 2.23. The minimum atomic E-state index is -3.86. The number of ether oxygens (including phenoxy) is 1. The summed E-state index contributed by atoms with van der Waals surface area (Å²) in [7, 11) is -3.86. The molecule has 0 fully saturated rings. The maximum absolute atomic E-state index is 13.4. The van der Waals surface area contributed by atoms with Gasteiger partial charge in [-0.2, -0.15) is 0 Å². The van der Waals surface area contributed by atoms with Gasteiger partial charge in [-0.15, -0.1) is 0 Å². The van der Waals surface area contributed by atoms with Crippen molar-refractivity contribution in [2.45, 2.75) is 13.3 Å². The number of nitrogens with two attached hydrogens (primary N) is 1. The predicted octanol–water partition coefficient (Wildman–Crippen LogP) is 1.10. The maximum atomic E-state index is 13.4. The first kappa shape index (κ1) is 15.2. The first-order chi connectivity index (χ1) is 8.85. The zero-order valence-corrected chi connectivity index (χ0v) is 11.2. The molecule has 1 rings (SSSR count). The number of hydrogen-bond donors (Lipinski definition) is 2. The Morgan fingerprint density at radius 2 is 2.16 bits per heavy atom. The molecule has 0 aliphatic carbocycles. The van der Waals surface area contributed by atoms with Crippen LogP contribution in [-0.4, -0.2) is 26.7 Å². The minimum Gasteiger partial charge on any atom is -0.466 e. The summed E-state index contributed by atoms with van der Waals surface area (Å²) in [6.07, 6.45) is -0.308. The van der Waals surface area contributed by atoms with E-state index < -0.39 is 27.6 Å². The first-order valence-corrected chi connectivity index (χ1v) is 7.21. The molecule has 19 heavy (non-hydrogen) atoms. The van der Waals surface area contributed by atoms with Crippen molar-refractivity contribution in [3.63, 3.8) is 0 Å². The largest absolute Gasteiger partial charge is 0.466 e. The summed E-state index contributed by atoms with van der Waals surface area (Å²) in [5.41, 5.74) is 5.13. The average molecular weight is 290 g/mol. The van der Waals surface area contributed by atoms with Crippen molar-refractivity contribution in [3.8, 4) is 0 Å². The maximum Gasteiger partial charge on any atom is 0.306 e. The van der Waals surface area contributed by atoms with Gasteiger partial charge < -0.3 is 10.5 Å². The molecule has 0 aliphatic heterocycles. The Hall–Kier alpha value is -1.83. The van der Waals surface area contributed by atoms with E-state index in [1.54, 1.807) is 6.92 Å². The molecule has 0 amide bonds. The number of esters is 1. The van der Waals surface area contributed by atoms with E-state index in [0.717, 1.165) is 6.07 Å². The summed E-state index contributed by atoms with van der Waals surface area (Å²) in [4.78, 5) is 11.1. The quantitative estimate of drug-likeness (QED) is 0.604. The summed E-state index contributed by atoms with van der Waals surface area (Å²) >= 11 is 0. The number of carbonyl (C=O) groups is 1. The monoisotopic (exact) mass is 290 g/mol. The van der Waals surface area contributed by atoms with Crippen LogP contribution in [0.15, 0.2) is 18.2 Å². The summed E-state index contributed by atoms with van der Waals surface area (Å²) in [6.45, 7) is 1.79. The van der Waals surface area contributed by atoms with Gasteiger partial charge in [-0.25, -0.2) is 12.8 Å². The number of halogens is 1. The number of nitrogen functional groups attached to an aromatic ring is 1. The fourth-order valence-corrected chi connectivity index (χ4v) is 2.37. The lowest BCUT2D eigenvalue weighted by Gasteiger charge is -2.10. The van der Waals surface area contributed by atoms with Gasteiger partial charge >= 0.3 is 5.97 Å². The van der Waals surface area contributed by atoms with Crippen LogP contribution in [-0.2, 0) is 19.6 Å². The SMILES string of the molecule is CCOC(=O)CCS(=O)(=O)Nc1c(N)cccc1F. The number of carbonyl (C=O) groups excluding carboxylic acids is 1. The normalized spacial score (nSPS) is 11.1. The van der Waals surface area contributed by atoms with Gasteiger partial charge in [-0.05, 0) is 19.1 Å². The van der Waals surface area contributed by atoms with E-state index in [2.05, 4.69) is 4.74 Å². The van der Waals surface area contributed by atoms with Gasteiger partial charge in [0.25, 0.3) is 0 Å². The van der Waals surface area contributed by atoms with Crippen molar-refractivity contribution in [2.75, 3.05) is 22.8 Å². The molecule has 0 saturated heterocycles. The van der Waals surface area contributed by atoms with Gasteiger partial charge in [0.2, 0.25) is 10.0 Å². The van der Waals surface area contributed by atoms with Crippen LogP contribution in [0, 0.1) is 5.82 Å². The van der Waals surface area contributed by atoms with Crippen LogP contribution in [0.1, 0.15) is 13.3 Å². The van der Waals surface area contributed by atoms with E-state index >= 15 is 0 Å². The molecule has 106 valence electrons. The molecule has 6 nitrogen and oxygen atoms in total. The van der Waals surface area contributed by atoms with Crippen LogP contribution >= 0.6 is 0 Å². The first-order valence-electron chi connectivity index (χ1n) is 5.56. The molecule has 1 aromatic carbocycles. The second kappa shape index (κ2) is 6.37. The van der Waals surface area contributed by atoms with Crippen molar-refractivity contribution < 1.29 is 22.3 Å². The van der Waals surface area contributed by atoms with Crippen LogP contribution in [0.4, 0.5) is 15.8 Å². The van der Waals surface area contributed by atoms with Crippen molar-refractivity contribution in [2.24, 2.45) is 0 Å². The van der Waals surface area contributed by atoms with E-state index in [4.69, 9.17) is 5.73 Å². The molecule has 8 heteroatoms. The third-order valence-corrected chi connectivity index (χ3v) is 3.44. The van der Waals surface area contributed by atoms with Gasteiger partial charge in [0.1, 0.15) is 11.5 Å². The molecular formula is C11H15FN2O4S. The average Bonchev–Trinajstić information content (AvgIpc) is 2.32. The zero-order valence-electron chi connectivity index (χ0n) is 10.3. The highest BCUT2D eigenvalue weighted by atomic mass is 32.2. The Bertz CT molecular complexity index is 540. The number of sulfonamides is 1. The third-order valence-electron chi connectivity index (χ3n) is 2.18. The highest BCUT2D eigenvalue weighted by molar-refractivity contribution is 7.92. The van der Waals surface area contributed by atoms with E-state index in [1.165, 1.54) is 12.1 Å². The second-order valence-electron chi connectivity index (χ2n) is 3.68. The van der Waals surface area contributed by atoms with Crippen LogP contribution in [0.3, 0.4) is 0 Å². The van der Waals surface area contributed by atoms with Crippen molar-refractivity contribution >= 4 is 27.4 Å². The third kappa shape index (κ3) is 4.74. The summed E-state index contributed by atoms with van der Waals surface area (Å²) in [5.74, 6) is -1.91. The Kier molecular flexibility index (Phi) is 5.11. The summed E-state index contributed by atoms with van der Waals surface area (Å²) in [5, 5.41) is 0. The second-order valence-corrected chi connectivity index (χ2v) is 5.52. The Morgan fingerprint density at radius 3 is 2.74 bits per heavy atom. The number of nitrogens with one attached hydrogen (secondary N) is 1. The molecule has 0 atom stereocenters. The molecule has 0 radical (unpaired) electrons. The number of benzene rings is 1. The number of para-hydroxylation sites is 1. The van der Waals surface area contributed by atoms with Crippen molar-refractivity contribution in [1.29, 1.82) is 0 Å². The Labute approximate surface area is 110 Å². The zero-order chi connectivity index (χ0) is 14.5. The van der Waals surface area contributed by atoms with Crippen LogP contribution < -0.4 is 10.5 Å². The van der Waals surface area contributed by atoms with Crippen LogP contribution in [0.25, 0.3) is 0 Å². The van der Waals surface area contributed by atoms with E-state index in [-0.39, 0.29) is 24.4 Å². The Morgan fingerprint density at radius 1 is 1.47 bits per heavy atom. The lowest BCUT2D eigenvalue weighted by Crippen LogP contribution is -2.21. The van der Waals surface area contributed by atoms with Crippen LogP contribution in [0.2, 0.25) is 0 Å². The molecule has 3 N–H and O–H groups in total. The predicted molar refractivity (Wildman–Crippen MR) is 69.5 cm³/mol. The molecule has 0 bridgehead atoms. The van der Waals surface area contributed by atoms with Crippen molar-refractivity contribution in [1.82, 2.24) is 0 Å². The fourth-order valence-electron chi connectivity index (χ4n) is 1.31. The summed E-state index contributed by atoms with van der Waals surface area (Å²) < 4.78 is 43.4. The molecule has 0 spiro atoms. The molecule has 0 aromatic heterocycles. The van der Waals surface area contributed by atoms with Gasteiger partial charge in [-0.3, -0.25) is 9.52 Å².